The van der Waals surface area contributed by atoms with Crippen LogP contribution in [0.15, 0.2) is 18.2 Å². The van der Waals surface area contributed by atoms with Gasteiger partial charge < -0.3 is 10.4 Å². The number of fused-ring (bicyclic) bond motifs is 1. The summed E-state index contributed by atoms with van der Waals surface area (Å²) < 4.78 is 0. The lowest BCUT2D eigenvalue weighted by Gasteiger charge is -2.29. The Balaban J connectivity index is 1.85. The highest BCUT2D eigenvalue weighted by atomic mass is 16.3. The lowest BCUT2D eigenvalue weighted by molar-refractivity contribution is 0.115. The van der Waals surface area contributed by atoms with Crippen LogP contribution in [-0.4, -0.2) is 22.7 Å². The molecule has 122 valence electrons. The fraction of sp³-hybridized carbons (Fsp3) is 0.550. The van der Waals surface area contributed by atoms with Crippen LogP contribution in [-0.2, 0) is 0 Å². The van der Waals surface area contributed by atoms with E-state index in [-0.39, 0.29) is 6.04 Å². The molecule has 4 rings (SSSR count). The van der Waals surface area contributed by atoms with Gasteiger partial charge in [0.2, 0.25) is 0 Å². The third-order valence-electron chi connectivity index (χ3n) is 5.34. The van der Waals surface area contributed by atoms with Crippen LogP contribution in [0.25, 0.3) is 10.9 Å². The van der Waals surface area contributed by atoms with Crippen molar-refractivity contribution in [2.75, 3.05) is 6.54 Å². The number of aliphatic hydroxyl groups is 1. The number of piperidine rings is 1. The minimum absolute atomic E-state index is 0.169. The Bertz CT molecular complexity index is 730. The van der Waals surface area contributed by atoms with Gasteiger partial charge in [0, 0.05) is 23.0 Å². The molecule has 1 aromatic heterocycles. The number of rotatable bonds is 3. The van der Waals surface area contributed by atoms with Gasteiger partial charge >= 0.3 is 0 Å². The van der Waals surface area contributed by atoms with Crippen LogP contribution in [0.1, 0.15) is 66.5 Å². The lowest BCUT2D eigenvalue weighted by atomic mass is 9.91. The molecule has 0 bridgehead atoms. The molecule has 1 aromatic carbocycles. The van der Waals surface area contributed by atoms with E-state index in [2.05, 4.69) is 37.4 Å². The maximum Gasteiger partial charge on any atom is 0.0950 e. The lowest BCUT2D eigenvalue weighted by Crippen LogP contribution is -2.38. The van der Waals surface area contributed by atoms with Gasteiger partial charge in [-0.25, -0.2) is 0 Å². The number of pyridine rings is 1. The highest BCUT2D eigenvalue weighted by Gasteiger charge is 2.29. The van der Waals surface area contributed by atoms with Gasteiger partial charge in [0.15, 0.2) is 0 Å². The van der Waals surface area contributed by atoms with Crippen molar-refractivity contribution in [1.29, 1.82) is 0 Å². The molecule has 2 N–H and O–H groups in total. The Labute approximate surface area is 138 Å². The predicted molar refractivity (Wildman–Crippen MR) is 93.8 cm³/mol. The first-order valence-corrected chi connectivity index (χ1v) is 8.97. The number of aryl methyl sites for hydroxylation is 2. The van der Waals surface area contributed by atoms with Crippen LogP contribution in [0.4, 0.5) is 0 Å². The molecule has 2 aromatic rings. The second-order valence-electron chi connectivity index (χ2n) is 7.39. The molecule has 2 heterocycles. The zero-order chi connectivity index (χ0) is 16.0. The van der Waals surface area contributed by atoms with Gasteiger partial charge in [0.25, 0.3) is 0 Å². The number of hydrogen-bond donors (Lipinski definition) is 2. The minimum atomic E-state index is -0.445. The highest BCUT2D eigenvalue weighted by Crippen LogP contribution is 2.42. The number of hydrogen-bond acceptors (Lipinski definition) is 3. The van der Waals surface area contributed by atoms with Crippen LogP contribution in [0.5, 0.6) is 0 Å². The monoisotopic (exact) mass is 310 g/mol. The van der Waals surface area contributed by atoms with Crippen molar-refractivity contribution < 1.29 is 5.11 Å². The molecule has 0 radical (unpaired) electrons. The molecule has 1 aliphatic heterocycles. The molecule has 1 saturated heterocycles. The van der Waals surface area contributed by atoms with Gasteiger partial charge in [-0.15, -0.1) is 0 Å². The maximum atomic E-state index is 11.1. The Morgan fingerprint density at radius 1 is 1.13 bits per heavy atom. The van der Waals surface area contributed by atoms with E-state index in [0.29, 0.717) is 5.92 Å². The van der Waals surface area contributed by atoms with E-state index in [0.717, 1.165) is 29.4 Å². The third-order valence-corrected chi connectivity index (χ3v) is 5.34. The van der Waals surface area contributed by atoms with E-state index >= 15 is 0 Å². The summed E-state index contributed by atoms with van der Waals surface area (Å²) in [5, 5.41) is 15.7. The minimum Gasteiger partial charge on any atom is -0.387 e. The summed E-state index contributed by atoms with van der Waals surface area (Å²) in [4.78, 5) is 4.93. The Kier molecular flexibility index (Phi) is 3.86. The molecule has 1 saturated carbocycles. The molecule has 23 heavy (non-hydrogen) atoms. The van der Waals surface area contributed by atoms with E-state index in [4.69, 9.17) is 4.98 Å². The summed E-state index contributed by atoms with van der Waals surface area (Å²) in [5.41, 5.74) is 5.77. The van der Waals surface area contributed by atoms with Gasteiger partial charge in [-0.2, -0.15) is 0 Å². The molecule has 2 atom stereocenters. The van der Waals surface area contributed by atoms with E-state index in [9.17, 15) is 5.11 Å². The first-order valence-electron chi connectivity index (χ1n) is 8.97. The number of aromatic nitrogens is 1. The summed E-state index contributed by atoms with van der Waals surface area (Å²) in [6.07, 6.45) is 5.49. The highest BCUT2D eigenvalue weighted by molar-refractivity contribution is 5.86. The van der Waals surface area contributed by atoms with Gasteiger partial charge in [0.1, 0.15) is 0 Å². The van der Waals surface area contributed by atoms with Gasteiger partial charge in [-0.05, 0) is 69.3 Å². The zero-order valence-corrected chi connectivity index (χ0v) is 14.1. The average molecular weight is 310 g/mol. The van der Waals surface area contributed by atoms with Gasteiger partial charge in [-0.1, -0.05) is 18.1 Å². The molecule has 2 unspecified atom stereocenters. The maximum absolute atomic E-state index is 11.1. The first kappa shape index (κ1) is 15.1. The normalized spacial score (nSPS) is 23.2. The number of nitrogens with zero attached hydrogens (tertiary/aromatic N) is 1. The molecule has 1 aliphatic carbocycles. The molecule has 3 nitrogen and oxygen atoms in total. The average Bonchev–Trinajstić information content (AvgIpc) is 3.39. The van der Waals surface area contributed by atoms with Crippen LogP contribution in [0.3, 0.4) is 0 Å². The van der Waals surface area contributed by atoms with Crippen molar-refractivity contribution >= 4 is 10.9 Å². The third kappa shape index (κ3) is 2.88. The Hall–Kier alpha value is -1.45. The summed E-state index contributed by atoms with van der Waals surface area (Å²) >= 11 is 0. The van der Waals surface area contributed by atoms with Gasteiger partial charge in [-0.3, -0.25) is 4.98 Å². The molecule has 0 amide bonds. The number of benzene rings is 1. The zero-order valence-electron chi connectivity index (χ0n) is 14.1. The molecular formula is C20H26N2O. The van der Waals surface area contributed by atoms with E-state index < -0.39 is 6.10 Å². The van der Waals surface area contributed by atoms with Crippen LogP contribution < -0.4 is 5.32 Å². The van der Waals surface area contributed by atoms with Crippen molar-refractivity contribution in [2.45, 2.75) is 64.0 Å². The van der Waals surface area contributed by atoms with Crippen LogP contribution in [0, 0.1) is 13.8 Å². The summed E-state index contributed by atoms with van der Waals surface area (Å²) in [6, 6.07) is 6.73. The summed E-state index contributed by atoms with van der Waals surface area (Å²) in [6.45, 7) is 5.27. The van der Waals surface area contributed by atoms with Crippen LogP contribution >= 0.6 is 0 Å². The predicted octanol–water partition coefficient (Wildman–Crippen LogP) is 3.90. The van der Waals surface area contributed by atoms with Gasteiger partial charge in [0.05, 0.1) is 11.6 Å². The number of nitrogens with one attached hydrogen (secondary N) is 1. The topological polar surface area (TPSA) is 45.2 Å². The molecule has 2 fully saturated rings. The quantitative estimate of drug-likeness (QED) is 0.903. The van der Waals surface area contributed by atoms with Crippen molar-refractivity contribution in [3.05, 3.63) is 40.6 Å². The van der Waals surface area contributed by atoms with Crippen molar-refractivity contribution in [2.24, 2.45) is 0 Å². The smallest absolute Gasteiger partial charge is 0.0950 e. The SMILES string of the molecule is Cc1cc(C)c2nc(C3CC3)cc(C(O)C3CCCCN3)c2c1. The van der Waals surface area contributed by atoms with Crippen molar-refractivity contribution in [3.8, 4) is 0 Å². The second-order valence-corrected chi connectivity index (χ2v) is 7.39. The van der Waals surface area contributed by atoms with E-state index in [1.54, 1.807) is 0 Å². The fourth-order valence-electron chi connectivity index (χ4n) is 3.92. The van der Waals surface area contributed by atoms with E-state index in [1.807, 2.05) is 0 Å². The van der Waals surface area contributed by atoms with Crippen LogP contribution in [0.2, 0.25) is 0 Å². The summed E-state index contributed by atoms with van der Waals surface area (Å²) in [5.74, 6) is 0.602. The Morgan fingerprint density at radius 3 is 2.65 bits per heavy atom. The molecular weight excluding hydrogens is 284 g/mol. The Morgan fingerprint density at radius 2 is 1.96 bits per heavy atom. The molecule has 0 spiro atoms. The fourth-order valence-corrected chi connectivity index (χ4v) is 3.92. The summed E-state index contributed by atoms with van der Waals surface area (Å²) in [7, 11) is 0. The second kappa shape index (κ2) is 5.88. The van der Waals surface area contributed by atoms with Crippen molar-refractivity contribution in [1.82, 2.24) is 10.3 Å². The largest absolute Gasteiger partial charge is 0.387 e. The molecule has 2 aliphatic rings. The number of aliphatic hydroxyl groups excluding tert-OH is 1. The first-order chi connectivity index (χ1) is 11.1. The standard InChI is InChI=1S/C20H26N2O/c1-12-9-13(2)19-15(10-12)16(11-18(22-19)14-6-7-14)20(23)17-5-3-4-8-21-17/h9-11,14,17,20-21,23H,3-8H2,1-2H3. The molecule has 3 heteroatoms. The van der Waals surface area contributed by atoms with E-state index in [1.165, 1.54) is 42.5 Å². The van der Waals surface area contributed by atoms with Crippen molar-refractivity contribution in [3.63, 3.8) is 0 Å².